The lowest BCUT2D eigenvalue weighted by Gasteiger charge is -2.33. The van der Waals surface area contributed by atoms with Crippen molar-refractivity contribution in [3.05, 3.63) is 93.5 Å². The van der Waals surface area contributed by atoms with Gasteiger partial charge in [0, 0.05) is 16.1 Å². The van der Waals surface area contributed by atoms with Crippen molar-refractivity contribution >= 4 is 35.0 Å². The fraction of sp³-hybridized carbons (Fsp3) is 0.286. The summed E-state index contributed by atoms with van der Waals surface area (Å²) in [4.78, 5) is 18.8. The second kappa shape index (κ2) is 10.8. The third-order valence-corrected chi connectivity index (χ3v) is 6.38. The highest BCUT2D eigenvalue weighted by Gasteiger charge is 2.54. The van der Waals surface area contributed by atoms with E-state index in [1.165, 1.54) is 0 Å². The summed E-state index contributed by atoms with van der Waals surface area (Å²) < 4.78 is 17.1. The van der Waals surface area contributed by atoms with Crippen LogP contribution in [0.2, 0.25) is 10.0 Å². The minimum Gasteiger partial charge on any atom is -0.497 e. The molecule has 1 aliphatic heterocycles. The van der Waals surface area contributed by atoms with Crippen LogP contribution in [-0.2, 0) is 15.1 Å². The first-order valence-corrected chi connectivity index (χ1v) is 12.4. The van der Waals surface area contributed by atoms with Crippen molar-refractivity contribution < 1.29 is 19.0 Å². The van der Waals surface area contributed by atoms with E-state index in [9.17, 15) is 4.79 Å². The van der Waals surface area contributed by atoms with Gasteiger partial charge in [-0.05, 0) is 68.3 Å². The Hall–Kier alpha value is -3.22. The molecule has 188 valence electrons. The van der Waals surface area contributed by atoms with Crippen molar-refractivity contribution in [2.24, 2.45) is 4.99 Å². The number of methoxy groups -OCH3 is 1. The Balaban J connectivity index is 1.93. The van der Waals surface area contributed by atoms with Crippen LogP contribution in [-0.4, -0.2) is 31.6 Å². The Morgan fingerprint density at radius 2 is 1.67 bits per heavy atom. The summed E-state index contributed by atoms with van der Waals surface area (Å²) in [5, 5.41) is 4.58. The summed E-state index contributed by atoms with van der Waals surface area (Å²) in [7, 11) is 1.60. The second-order valence-corrected chi connectivity index (χ2v) is 9.49. The molecule has 4 rings (SSSR count). The summed E-state index contributed by atoms with van der Waals surface area (Å²) in [6.07, 6.45) is -0.0870. The third-order valence-electron chi connectivity index (χ3n) is 5.87. The Kier molecular flexibility index (Phi) is 7.76. The normalized spacial score (nSPS) is 19.0. The van der Waals surface area contributed by atoms with E-state index in [4.69, 9.17) is 42.4 Å². The van der Waals surface area contributed by atoms with Crippen LogP contribution in [0, 0.1) is 0 Å². The smallest absolute Gasteiger partial charge is 0.339 e. The number of esters is 1. The van der Waals surface area contributed by atoms with E-state index in [0.717, 1.165) is 5.56 Å². The molecule has 6 nitrogen and oxygen atoms in total. The first-order valence-electron chi connectivity index (χ1n) is 11.7. The predicted molar refractivity (Wildman–Crippen MR) is 142 cm³/mol. The third kappa shape index (κ3) is 5.01. The lowest BCUT2D eigenvalue weighted by Crippen LogP contribution is -2.52. The van der Waals surface area contributed by atoms with Gasteiger partial charge in [-0.15, -0.1) is 0 Å². The fourth-order valence-electron chi connectivity index (χ4n) is 4.26. The van der Waals surface area contributed by atoms with E-state index in [1.54, 1.807) is 38.3 Å². The zero-order valence-corrected chi connectivity index (χ0v) is 22.1. The molecule has 0 bridgehead atoms. The number of benzene rings is 3. The van der Waals surface area contributed by atoms with Crippen molar-refractivity contribution in [2.75, 3.05) is 13.7 Å². The summed E-state index contributed by atoms with van der Waals surface area (Å²) in [6.45, 7) is 5.88. The van der Waals surface area contributed by atoms with Crippen LogP contribution < -0.4 is 14.8 Å². The van der Waals surface area contributed by atoms with Crippen molar-refractivity contribution in [3.8, 4) is 11.5 Å². The minimum atomic E-state index is -1.35. The molecule has 0 unspecified atom stereocenters. The zero-order chi connectivity index (χ0) is 25.9. The topological polar surface area (TPSA) is 69.2 Å². The largest absolute Gasteiger partial charge is 0.497 e. The molecular formula is C28H28Cl2N2O4. The SMILES string of the molecule is CCOC(=O)[C@]1(c2ccc(Cl)cc2)NC(c2ccc(OC)cc2OC(C)C)=N[C@H]1c1ccc(Cl)cc1. The zero-order valence-electron chi connectivity index (χ0n) is 20.5. The number of amidine groups is 1. The Morgan fingerprint density at radius 1 is 1.03 bits per heavy atom. The first-order chi connectivity index (χ1) is 17.3. The van der Waals surface area contributed by atoms with Crippen LogP contribution in [0.1, 0.15) is 43.5 Å². The molecule has 0 aliphatic carbocycles. The van der Waals surface area contributed by atoms with E-state index in [1.807, 2.05) is 56.3 Å². The molecule has 1 heterocycles. The molecule has 2 atom stereocenters. The summed E-state index contributed by atoms with van der Waals surface area (Å²) in [5.74, 6) is 1.28. The Labute approximate surface area is 221 Å². The Morgan fingerprint density at radius 3 is 2.25 bits per heavy atom. The lowest BCUT2D eigenvalue weighted by molar-refractivity contribution is -0.151. The number of aliphatic imine (C=N–C) groups is 1. The van der Waals surface area contributed by atoms with Crippen LogP contribution in [0.5, 0.6) is 11.5 Å². The van der Waals surface area contributed by atoms with E-state index < -0.39 is 17.6 Å². The van der Waals surface area contributed by atoms with E-state index in [-0.39, 0.29) is 12.7 Å². The van der Waals surface area contributed by atoms with Crippen LogP contribution >= 0.6 is 23.2 Å². The molecule has 0 saturated carbocycles. The number of hydrogen-bond acceptors (Lipinski definition) is 6. The average Bonchev–Trinajstić information content (AvgIpc) is 3.26. The molecule has 0 amide bonds. The van der Waals surface area contributed by atoms with Gasteiger partial charge in [0.15, 0.2) is 5.54 Å². The van der Waals surface area contributed by atoms with Gasteiger partial charge in [-0.2, -0.15) is 0 Å². The summed E-state index contributed by atoms with van der Waals surface area (Å²) >= 11 is 12.4. The molecule has 3 aromatic rings. The van der Waals surface area contributed by atoms with Gasteiger partial charge >= 0.3 is 5.97 Å². The van der Waals surface area contributed by atoms with Gasteiger partial charge in [-0.25, -0.2) is 4.79 Å². The average molecular weight is 527 g/mol. The minimum absolute atomic E-state index is 0.0870. The van der Waals surface area contributed by atoms with E-state index >= 15 is 0 Å². The maximum Gasteiger partial charge on any atom is 0.339 e. The number of nitrogens with one attached hydrogen (secondary N) is 1. The number of carbonyl (C=O) groups excluding carboxylic acids is 1. The number of rotatable bonds is 8. The van der Waals surface area contributed by atoms with Gasteiger partial charge < -0.3 is 19.5 Å². The highest BCUT2D eigenvalue weighted by atomic mass is 35.5. The highest BCUT2D eigenvalue weighted by Crippen LogP contribution is 2.45. The molecule has 3 aromatic carbocycles. The summed E-state index contributed by atoms with van der Waals surface area (Å²) in [6, 6.07) is 19.3. The molecular weight excluding hydrogens is 499 g/mol. The quantitative estimate of drug-likeness (QED) is 0.347. The van der Waals surface area contributed by atoms with E-state index in [0.29, 0.717) is 38.5 Å². The van der Waals surface area contributed by atoms with Crippen molar-refractivity contribution in [1.29, 1.82) is 0 Å². The number of hydrogen-bond donors (Lipinski definition) is 1. The maximum atomic E-state index is 13.8. The van der Waals surface area contributed by atoms with Crippen molar-refractivity contribution in [2.45, 2.75) is 38.5 Å². The van der Waals surface area contributed by atoms with Gasteiger partial charge in [0.25, 0.3) is 0 Å². The molecule has 0 saturated heterocycles. The van der Waals surface area contributed by atoms with Gasteiger partial charge in [0.1, 0.15) is 23.4 Å². The highest BCUT2D eigenvalue weighted by molar-refractivity contribution is 6.30. The van der Waals surface area contributed by atoms with Crippen LogP contribution in [0.25, 0.3) is 0 Å². The first kappa shape index (κ1) is 25.9. The van der Waals surface area contributed by atoms with Crippen molar-refractivity contribution in [3.63, 3.8) is 0 Å². The number of carbonyl (C=O) groups is 1. The second-order valence-electron chi connectivity index (χ2n) is 8.62. The molecule has 0 aromatic heterocycles. The molecule has 0 fully saturated rings. The monoisotopic (exact) mass is 526 g/mol. The molecule has 1 aliphatic rings. The number of ether oxygens (including phenoxy) is 3. The lowest BCUT2D eigenvalue weighted by atomic mass is 9.80. The van der Waals surface area contributed by atoms with Gasteiger partial charge in [-0.3, -0.25) is 4.99 Å². The molecule has 36 heavy (non-hydrogen) atoms. The van der Waals surface area contributed by atoms with Crippen molar-refractivity contribution in [1.82, 2.24) is 5.32 Å². The Bertz CT molecular complexity index is 1260. The molecule has 8 heteroatoms. The van der Waals surface area contributed by atoms with E-state index in [2.05, 4.69) is 5.32 Å². The molecule has 1 N–H and O–H groups in total. The van der Waals surface area contributed by atoms with Gasteiger partial charge in [0.2, 0.25) is 0 Å². The van der Waals surface area contributed by atoms with Gasteiger partial charge in [0.05, 0.1) is 25.4 Å². The van der Waals surface area contributed by atoms with Crippen LogP contribution in [0.3, 0.4) is 0 Å². The van der Waals surface area contributed by atoms with Crippen LogP contribution in [0.15, 0.2) is 71.7 Å². The maximum absolute atomic E-state index is 13.8. The predicted octanol–water partition coefficient (Wildman–Crippen LogP) is 6.34. The fourth-order valence-corrected chi connectivity index (χ4v) is 4.52. The number of halogens is 2. The molecule has 0 spiro atoms. The summed E-state index contributed by atoms with van der Waals surface area (Å²) in [5.41, 5.74) is 0.816. The molecule has 0 radical (unpaired) electrons. The van der Waals surface area contributed by atoms with Gasteiger partial charge in [-0.1, -0.05) is 47.5 Å². The number of nitrogens with zero attached hydrogens (tertiary/aromatic N) is 1. The van der Waals surface area contributed by atoms with Crippen LogP contribution in [0.4, 0.5) is 0 Å². The standard InChI is InChI=1S/C28H28Cl2N2O4/c1-5-35-27(33)28(19-8-12-21(30)13-9-19)25(18-6-10-20(29)11-7-18)31-26(32-28)23-15-14-22(34-4)16-24(23)36-17(2)3/h6-17,25H,5H2,1-4H3,(H,31,32)/t25-,28+/m0/s1.